The predicted octanol–water partition coefficient (Wildman–Crippen LogP) is 2.43. The highest BCUT2D eigenvalue weighted by Crippen LogP contribution is 2.41. The molecule has 0 radical (unpaired) electrons. The van der Waals surface area contributed by atoms with Gasteiger partial charge in [0.2, 0.25) is 0 Å². The largest absolute Gasteiger partial charge is 0.504 e. The Bertz CT molecular complexity index is 548. The van der Waals surface area contributed by atoms with Crippen LogP contribution in [-0.4, -0.2) is 29.8 Å². The number of phenols is 1. The van der Waals surface area contributed by atoms with Crippen LogP contribution in [0.15, 0.2) is 12.1 Å². The molecule has 0 saturated carbocycles. The quantitative estimate of drug-likeness (QED) is 0.797. The zero-order valence-electron chi connectivity index (χ0n) is 12.9. The molecule has 0 spiro atoms. The Morgan fingerprint density at radius 1 is 1.38 bits per heavy atom. The SMILES string of the molecule is COc1cc(C(C)(C)C)cc(C2CC(C(=O)O)CN2)c1O. The number of aliphatic carboxylic acids is 1. The summed E-state index contributed by atoms with van der Waals surface area (Å²) in [5, 5.41) is 22.6. The summed E-state index contributed by atoms with van der Waals surface area (Å²) >= 11 is 0. The van der Waals surface area contributed by atoms with Gasteiger partial charge in [-0.1, -0.05) is 20.8 Å². The van der Waals surface area contributed by atoms with E-state index < -0.39 is 11.9 Å². The van der Waals surface area contributed by atoms with Crippen LogP contribution in [0.5, 0.6) is 11.5 Å². The molecule has 0 aromatic heterocycles. The van der Waals surface area contributed by atoms with Gasteiger partial charge >= 0.3 is 5.97 Å². The smallest absolute Gasteiger partial charge is 0.307 e. The van der Waals surface area contributed by atoms with E-state index in [0.717, 1.165) is 5.56 Å². The van der Waals surface area contributed by atoms with E-state index in [-0.39, 0.29) is 17.2 Å². The average molecular weight is 293 g/mol. The molecule has 2 atom stereocenters. The number of methoxy groups -OCH3 is 1. The third-order valence-corrected chi connectivity index (χ3v) is 4.05. The molecule has 1 aliphatic rings. The molecule has 2 rings (SSSR count). The van der Waals surface area contributed by atoms with Gasteiger partial charge in [0.15, 0.2) is 11.5 Å². The maximum atomic E-state index is 11.1. The van der Waals surface area contributed by atoms with Crippen LogP contribution < -0.4 is 10.1 Å². The van der Waals surface area contributed by atoms with Crippen LogP contribution in [-0.2, 0) is 10.2 Å². The van der Waals surface area contributed by atoms with Gasteiger partial charge in [-0.3, -0.25) is 4.79 Å². The lowest BCUT2D eigenvalue weighted by atomic mass is 9.84. The highest BCUT2D eigenvalue weighted by atomic mass is 16.5. The number of rotatable bonds is 3. The third-order valence-electron chi connectivity index (χ3n) is 4.05. The van der Waals surface area contributed by atoms with Gasteiger partial charge in [0, 0.05) is 18.2 Å². The Morgan fingerprint density at radius 3 is 2.52 bits per heavy atom. The fraction of sp³-hybridized carbons (Fsp3) is 0.562. The Morgan fingerprint density at radius 2 is 2.05 bits per heavy atom. The molecule has 0 aliphatic carbocycles. The zero-order chi connectivity index (χ0) is 15.8. The van der Waals surface area contributed by atoms with Gasteiger partial charge in [-0.05, 0) is 29.5 Å². The molecule has 1 aliphatic heterocycles. The van der Waals surface area contributed by atoms with Crippen LogP contribution in [0.2, 0.25) is 0 Å². The first kappa shape index (κ1) is 15.6. The topological polar surface area (TPSA) is 78.8 Å². The minimum Gasteiger partial charge on any atom is -0.504 e. The van der Waals surface area contributed by atoms with Gasteiger partial charge in [-0.15, -0.1) is 0 Å². The number of aromatic hydroxyl groups is 1. The van der Waals surface area contributed by atoms with E-state index in [1.54, 1.807) is 0 Å². The molecular formula is C16H23NO4. The van der Waals surface area contributed by atoms with Crippen molar-refractivity contribution in [1.82, 2.24) is 5.32 Å². The van der Waals surface area contributed by atoms with Crippen molar-refractivity contribution >= 4 is 5.97 Å². The summed E-state index contributed by atoms with van der Waals surface area (Å²) in [4.78, 5) is 11.1. The number of phenolic OH excluding ortho intramolecular Hbond substituents is 1. The number of hydrogen-bond acceptors (Lipinski definition) is 4. The van der Waals surface area contributed by atoms with Gasteiger partial charge < -0.3 is 20.3 Å². The molecule has 0 amide bonds. The summed E-state index contributed by atoms with van der Waals surface area (Å²) in [6.07, 6.45) is 0.472. The third kappa shape index (κ3) is 3.13. The van der Waals surface area contributed by atoms with Crippen molar-refractivity contribution in [3.63, 3.8) is 0 Å². The normalized spacial score (nSPS) is 22.3. The standard InChI is InChI=1S/C16H23NO4/c1-16(2,3)10-6-11(14(18)13(7-10)21-4)12-5-9(8-17-12)15(19)20/h6-7,9,12,17-18H,5,8H2,1-4H3,(H,19,20). The highest BCUT2D eigenvalue weighted by molar-refractivity contribution is 5.71. The monoisotopic (exact) mass is 293 g/mol. The molecule has 21 heavy (non-hydrogen) atoms. The van der Waals surface area contributed by atoms with Crippen LogP contribution in [0.3, 0.4) is 0 Å². The summed E-state index contributed by atoms with van der Waals surface area (Å²) in [5.74, 6) is -0.700. The van der Waals surface area contributed by atoms with E-state index in [4.69, 9.17) is 9.84 Å². The number of nitrogens with one attached hydrogen (secondary N) is 1. The maximum Gasteiger partial charge on any atom is 0.307 e. The molecule has 3 N–H and O–H groups in total. The van der Waals surface area contributed by atoms with Crippen molar-refractivity contribution in [3.8, 4) is 11.5 Å². The maximum absolute atomic E-state index is 11.1. The van der Waals surface area contributed by atoms with Crippen molar-refractivity contribution in [3.05, 3.63) is 23.3 Å². The summed E-state index contributed by atoms with van der Waals surface area (Å²) in [7, 11) is 1.52. The predicted molar refractivity (Wildman–Crippen MR) is 79.8 cm³/mol. The molecule has 2 unspecified atom stereocenters. The van der Waals surface area contributed by atoms with Gasteiger partial charge in [-0.2, -0.15) is 0 Å². The van der Waals surface area contributed by atoms with Crippen molar-refractivity contribution in [2.24, 2.45) is 5.92 Å². The Labute approximate surface area is 124 Å². The first-order chi connectivity index (χ1) is 9.74. The molecule has 1 heterocycles. The van der Waals surface area contributed by atoms with Gasteiger partial charge in [0.25, 0.3) is 0 Å². The van der Waals surface area contributed by atoms with Crippen LogP contribution in [0.25, 0.3) is 0 Å². The van der Waals surface area contributed by atoms with Crippen molar-refractivity contribution in [2.45, 2.75) is 38.6 Å². The minimum absolute atomic E-state index is 0.0828. The Hall–Kier alpha value is -1.75. The summed E-state index contributed by atoms with van der Waals surface area (Å²) in [6.45, 7) is 6.68. The number of carbonyl (C=O) groups is 1. The number of carboxylic acids is 1. The first-order valence-corrected chi connectivity index (χ1v) is 7.11. The lowest BCUT2D eigenvalue weighted by molar-refractivity contribution is -0.141. The molecule has 1 fully saturated rings. The molecule has 1 aromatic rings. The lowest BCUT2D eigenvalue weighted by Crippen LogP contribution is -2.18. The fourth-order valence-electron chi connectivity index (χ4n) is 2.64. The molecule has 5 nitrogen and oxygen atoms in total. The minimum atomic E-state index is -0.802. The van der Waals surface area contributed by atoms with Crippen LogP contribution in [0.4, 0.5) is 0 Å². The summed E-state index contributed by atoms with van der Waals surface area (Å²) < 4.78 is 5.26. The summed E-state index contributed by atoms with van der Waals surface area (Å²) in [6, 6.07) is 3.62. The number of hydrogen-bond donors (Lipinski definition) is 3. The lowest BCUT2D eigenvalue weighted by Gasteiger charge is -2.23. The van der Waals surface area contributed by atoms with Crippen LogP contribution >= 0.6 is 0 Å². The van der Waals surface area contributed by atoms with E-state index in [1.807, 2.05) is 12.1 Å². The van der Waals surface area contributed by atoms with E-state index in [1.165, 1.54) is 7.11 Å². The molecule has 0 bridgehead atoms. The fourth-order valence-corrected chi connectivity index (χ4v) is 2.64. The van der Waals surface area contributed by atoms with Gasteiger partial charge in [0.1, 0.15) is 0 Å². The second-order valence-corrected chi connectivity index (χ2v) is 6.60. The van der Waals surface area contributed by atoms with Crippen LogP contribution in [0, 0.1) is 5.92 Å². The molecule has 116 valence electrons. The van der Waals surface area contributed by atoms with E-state index in [0.29, 0.717) is 24.3 Å². The highest BCUT2D eigenvalue weighted by Gasteiger charge is 2.33. The Kier molecular flexibility index (Phi) is 4.14. The zero-order valence-corrected chi connectivity index (χ0v) is 12.9. The molecular weight excluding hydrogens is 270 g/mol. The van der Waals surface area contributed by atoms with Crippen molar-refractivity contribution in [2.75, 3.05) is 13.7 Å². The summed E-state index contributed by atoms with van der Waals surface area (Å²) in [5.41, 5.74) is 1.68. The molecule has 1 saturated heterocycles. The van der Waals surface area contributed by atoms with Crippen molar-refractivity contribution in [1.29, 1.82) is 0 Å². The van der Waals surface area contributed by atoms with E-state index >= 15 is 0 Å². The van der Waals surface area contributed by atoms with Crippen LogP contribution in [0.1, 0.15) is 44.4 Å². The number of ether oxygens (including phenoxy) is 1. The van der Waals surface area contributed by atoms with E-state index in [2.05, 4.69) is 26.1 Å². The molecule has 1 aromatic carbocycles. The first-order valence-electron chi connectivity index (χ1n) is 7.11. The second kappa shape index (κ2) is 5.56. The second-order valence-electron chi connectivity index (χ2n) is 6.60. The number of carboxylic acid groups (broad SMARTS) is 1. The number of benzene rings is 1. The average Bonchev–Trinajstić information content (AvgIpc) is 2.87. The van der Waals surface area contributed by atoms with Gasteiger partial charge in [-0.25, -0.2) is 0 Å². The van der Waals surface area contributed by atoms with Gasteiger partial charge in [0.05, 0.1) is 13.0 Å². The van der Waals surface area contributed by atoms with Crippen molar-refractivity contribution < 1.29 is 19.7 Å². The Balaban J connectivity index is 2.41. The molecule has 5 heteroatoms. The van der Waals surface area contributed by atoms with E-state index in [9.17, 15) is 9.90 Å².